The topological polar surface area (TPSA) is 42.0 Å². The minimum absolute atomic E-state index is 0.0310. The van der Waals surface area contributed by atoms with Crippen LogP contribution < -0.4 is 5.32 Å². The average Bonchev–Trinajstić information content (AvgIpc) is 2.20. The molecule has 1 rings (SSSR count). The van der Waals surface area contributed by atoms with Crippen LogP contribution >= 0.6 is 0 Å². The fourth-order valence-corrected chi connectivity index (χ4v) is 1.17. The van der Waals surface area contributed by atoms with E-state index >= 15 is 0 Å². The van der Waals surface area contributed by atoms with Gasteiger partial charge in [-0.3, -0.25) is 4.79 Å². The summed E-state index contributed by atoms with van der Waals surface area (Å²) in [4.78, 5) is 16.0. The van der Waals surface area contributed by atoms with Crippen molar-refractivity contribution in [1.82, 2.24) is 4.98 Å². The third-order valence-corrected chi connectivity index (χ3v) is 2.17. The number of aromatic nitrogens is 1. The van der Waals surface area contributed by atoms with Crippen LogP contribution in [0.15, 0.2) is 31.0 Å². The SMILES string of the molecule is C=CCc1cccnc1NC(=O)C(C)(C)C. The van der Waals surface area contributed by atoms with E-state index in [9.17, 15) is 4.79 Å². The first-order valence-corrected chi connectivity index (χ1v) is 5.31. The minimum atomic E-state index is -0.414. The number of rotatable bonds is 3. The van der Waals surface area contributed by atoms with Gasteiger partial charge < -0.3 is 5.32 Å². The molecule has 3 heteroatoms. The van der Waals surface area contributed by atoms with Gasteiger partial charge in [0.15, 0.2) is 0 Å². The van der Waals surface area contributed by atoms with Crippen LogP contribution in [0.4, 0.5) is 5.82 Å². The van der Waals surface area contributed by atoms with Gasteiger partial charge in [-0.15, -0.1) is 6.58 Å². The number of amides is 1. The molecule has 16 heavy (non-hydrogen) atoms. The summed E-state index contributed by atoms with van der Waals surface area (Å²) in [5.41, 5.74) is 0.568. The fraction of sp³-hybridized carbons (Fsp3) is 0.385. The lowest BCUT2D eigenvalue weighted by Gasteiger charge is -2.18. The molecule has 0 unspecified atom stereocenters. The van der Waals surface area contributed by atoms with Crippen molar-refractivity contribution in [2.45, 2.75) is 27.2 Å². The van der Waals surface area contributed by atoms with Crippen LogP contribution in [0.25, 0.3) is 0 Å². The van der Waals surface area contributed by atoms with Crippen molar-refractivity contribution in [2.75, 3.05) is 5.32 Å². The van der Waals surface area contributed by atoms with Crippen LogP contribution in [0, 0.1) is 5.41 Å². The summed E-state index contributed by atoms with van der Waals surface area (Å²) >= 11 is 0. The van der Waals surface area contributed by atoms with Gasteiger partial charge in [0.2, 0.25) is 5.91 Å². The second-order valence-corrected chi connectivity index (χ2v) is 4.71. The summed E-state index contributed by atoms with van der Waals surface area (Å²) in [6, 6.07) is 3.79. The van der Waals surface area contributed by atoms with E-state index in [-0.39, 0.29) is 5.91 Å². The van der Waals surface area contributed by atoms with Crippen molar-refractivity contribution in [1.29, 1.82) is 0 Å². The average molecular weight is 218 g/mol. The second-order valence-electron chi connectivity index (χ2n) is 4.71. The van der Waals surface area contributed by atoms with E-state index in [1.807, 2.05) is 32.9 Å². The van der Waals surface area contributed by atoms with E-state index in [1.54, 1.807) is 12.3 Å². The van der Waals surface area contributed by atoms with Crippen molar-refractivity contribution in [3.05, 3.63) is 36.5 Å². The highest BCUT2D eigenvalue weighted by Crippen LogP contribution is 2.18. The molecule has 0 bridgehead atoms. The number of anilines is 1. The highest BCUT2D eigenvalue weighted by Gasteiger charge is 2.22. The Bertz CT molecular complexity index is 391. The van der Waals surface area contributed by atoms with Gasteiger partial charge in [0.25, 0.3) is 0 Å². The summed E-state index contributed by atoms with van der Waals surface area (Å²) in [7, 11) is 0. The number of hydrogen-bond donors (Lipinski definition) is 1. The molecule has 1 aromatic heterocycles. The number of carbonyl (C=O) groups is 1. The second kappa shape index (κ2) is 4.92. The molecule has 0 saturated carbocycles. The Hall–Kier alpha value is -1.64. The van der Waals surface area contributed by atoms with Gasteiger partial charge in [0.05, 0.1) is 0 Å². The third kappa shape index (κ3) is 3.19. The summed E-state index contributed by atoms with van der Waals surface area (Å²) in [6.45, 7) is 9.30. The summed E-state index contributed by atoms with van der Waals surface area (Å²) in [5.74, 6) is 0.596. The molecule has 0 aliphatic heterocycles. The molecule has 1 aromatic rings. The normalized spacial score (nSPS) is 10.9. The fourth-order valence-electron chi connectivity index (χ4n) is 1.17. The molecule has 0 aromatic carbocycles. The smallest absolute Gasteiger partial charge is 0.230 e. The van der Waals surface area contributed by atoms with Crippen LogP contribution in [-0.2, 0) is 11.2 Å². The number of nitrogens with zero attached hydrogens (tertiary/aromatic N) is 1. The molecule has 3 nitrogen and oxygen atoms in total. The highest BCUT2D eigenvalue weighted by atomic mass is 16.2. The van der Waals surface area contributed by atoms with Gasteiger partial charge in [-0.2, -0.15) is 0 Å². The zero-order valence-corrected chi connectivity index (χ0v) is 10.1. The van der Waals surface area contributed by atoms with Gasteiger partial charge in [0.1, 0.15) is 5.82 Å². The Balaban J connectivity index is 2.88. The molecule has 0 spiro atoms. The molecular weight excluding hydrogens is 200 g/mol. The van der Waals surface area contributed by atoms with Crippen LogP contribution in [0.1, 0.15) is 26.3 Å². The molecule has 0 aliphatic rings. The molecule has 86 valence electrons. The maximum absolute atomic E-state index is 11.8. The minimum Gasteiger partial charge on any atom is -0.310 e. The monoisotopic (exact) mass is 218 g/mol. The zero-order valence-electron chi connectivity index (χ0n) is 10.1. The van der Waals surface area contributed by atoms with Crippen molar-refractivity contribution >= 4 is 11.7 Å². The van der Waals surface area contributed by atoms with Crippen molar-refractivity contribution in [3.63, 3.8) is 0 Å². The maximum Gasteiger partial charge on any atom is 0.230 e. The Morgan fingerprint density at radius 1 is 1.56 bits per heavy atom. The first kappa shape index (κ1) is 12.4. The van der Waals surface area contributed by atoms with Crippen molar-refractivity contribution < 1.29 is 4.79 Å². The molecule has 0 atom stereocenters. The van der Waals surface area contributed by atoms with Crippen LogP contribution in [0.2, 0.25) is 0 Å². The van der Waals surface area contributed by atoms with E-state index in [0.717, 1.165) is 5.56 Å². The van der Waals surface area contributed by atoms with E-state index in [0.29, 0.717) is 12.2 Å². The lowest BCUT2D eigenvalue weighted by molar-refractivity contribution is -0.123. The number of carbonyl (C=O) groups excluding carboxylic acids is 1. The van der Waals surface area contributed by atoms with Crippen LogP contribution in [-0.4, -0.2) is 10.9 Å². The van der Waals surface area contributed by atoms with Crippen molar-refractivity contribution in [2.24, 2.45) is 5.41 Å². The Kier molecular flexibility index (Phi) is 3.82. The molecule has 1 N–H and O–H groups in total. The molecule has 0 radical (unpaired) electrons. The number of nitrogens with one attached hydrogen (secondary N) is 1. The molecule has 0 aliphatic carbocycles. The Labute approximate surface area is 96.6 Å². The first-order valence-electron chi connectivity index (χ1n) is 5.31. The molecular formula is C13H18N2O. The zero-order chi connectivity index (χ0) is 12.2. The van der Waals surface area contributed by atoms with E-state index < -0.39 is 5.41 Å². The molecule has 0 fully saturated rings. The number of hydrogen-bond acceptors (Lipinski definition) is 2. The Morgan fingerprint density at radius 2 is 2.25 bits per heavy atom. The quantitative estimate of drug-likeness (QED) is 0.793. The summed E-state index contributed by atoms with van der Waals surface area (Å²) in [5, 5.41) is 2.84. The summed E-state index contributed by atoms with van der Waals surface area (Å²) < 4.78 is 0. The Morgan fingerprint density at radius 3 is 2.81 bits per heavy atom. The van der Waals surface area contributed by atoms with Gasteiger partial charge in [-0.05, 0) is 18.1 Å². The van der Waals surface area contributed by atoms with Crippen molar-refractivity contribution in [3.8, 4) is 0 Å². The maximum atomic E-state index is 11.8. The number of allylic oxidation sites excluding steroid dienone is 1. The highest BCUT2D eigenvalue weighted by molar-refractivity contribution is 5.94. The van der Waals surface area contributed by atoms with E-state index in [4.69, 9.17) is 0 Å². The largest absolute Gasteiger partial charge is 0.310 e. The molecule has 1 heterocycles. The van der Waals surface area contributed by atoms with E-state index in [1.165, 1.54) is 0 Å². The van der Waals surface area contributed by atoms with Gasteiger partial charge in [0, 0.05) is 11.6 Å². The van der Waals surface area contributed by atoms with E-state index in [2.05, 4.69) is 16.9 Å². The summed E-state index contributed by atoms with van der Waals surface area (Å²) in [6.07, 6.45) is 4.17. The van der Waals surface area contributed by atoms with Crippen LogP contribution in [0.5, 0.6) is 0 Å². The lowest BCUT2D eigenvalue weighted by atomic mass is 9.95. The van der Waals surface area contributed by atoms with Crippen LogP contribution in [0.3, 0.4) is 0 Å². The molecule has 0 saturated heterocycles. The standard InChI is InChI=1S/C13H18N2O/c1-5-7-10-8-6-9-14-11(10)15-12(16)13(2,3)4/h5-6,8-9H,1,7H2,2-4H3,(H,14,15,16). The third-order valence-electron chi connectivity index (χ3n) is 2.17. The van der Waals surface area contributed by atoms with Gasteiger partial charge in [-0.25, -0.2) is 4.98 Å². The first-order chi connectivity index (χ1) is 7.45. The molecule has 1 amide bonds. The van der Waals surface area contributed by atoms with Gasteiger partial charge >= 0.3 is 0 Å². The lowest BCUT2D eigenvalue weighted by Crippen LogP contribution is -2.28. The predicted molar refractivity (Wildman–Crippen MR) is 66.2 cm³/mol. The predicted octanol–water partition coefficient (Wildman–Crippen LogP) is 2.79. The number of pyridine rings is 1. The van der Waals surface area contributed by atoms with Gasteiger partial charge in [-0.1, -0.05) is 32.9 Å².